The number of carboxylic acid groups (broad SMARTS) is 2. The van der Waals surface area contributed by atoms with Crippen molar-refractivity contribution in [3.05, 3.63) is 35.9 Å². The molecule has 1 amide bonds. The number of unbranched alkanes of at least 4 members (excludes halogenated alkanes) is 9. The van der Waals surface area contributed by atoms with E-state index in [4.69, 9.17) is 26.2 Å². The van der Waals surface area contributed by atoms with Crippen LogP contribution >= 0.6 is 0 Å². The summed E-state index contributed by atoms with van der Waals surface area (Å²) in [6.07, 6.45) is 8.51. The first-order valence-corrected chi connectivity index (χ1v) is 11.6. The number of amides is 1. The van der Waals surface area contributed by atoms with Crippen molar-refractivity contribution < 1.29 is 34.8 Å². The Balaban J connectivity index is 0.000000861. The zero-order chi connectivity index (χ0) is 25.1. The third kappa shape index (κ3) is 15.1. The monoisotopic (exact) mass is 468 g/mol. The maximum absolute atomic E-state index is 12.0. The number of nitrogens with one attached hydrogen (secondary N) is 1. The number of nitrogens with two attached hydrogens (primary N) is 1. The number of carbonyl (C=O) groups excluding carboxylic acids is 1. The van der Waals surface area contributed by atoms with Crippen molar-refractivity contribution >= 4 is 17.8 Å². The van der Waals surface area contributed by atoms with E-state index in [-0.39, 0.29) is 5.91 Å². The minimum Gasteiger partial charge on any atom is -0.479 e. The molecule has 0 saturated carbocycles. The third-order valence-corrected chi connectivity index (χ3v) is 5.08. The summed E-state index contributed by atoms with van der Waals surface area (Å²) >= 11 is 0. The summed E-state index contributed by atoms with van der Waals surface area (Å²) in [6.45, 7) is 2.99. The Morgan fingerprint density at radius 3 is 1.64 bits per heavy atom. The van der Waals surface area contributed by atoms with Gasteiger partial charge < -0.3 is 31.5 Å². The fourth-order valence-electron chi connectivity index (χ4n) is 3.02. The van der Waals surface area contributed by atoms with E-state index in [1.54, 1.807) is 0 Å². The summed E-state index contributed by atoms with van der Waals surface area (Å²) in [5.41, 5.74) is 6.83. The van der Waals surface area contributed by atoms with Gasteiger partial charge in [-0.1, -0.05) is 95.0 Å². The Hall–Kier alpha value is -2.49. The molecule has 9 nitrogen and oxygen atoms in total. The predicted molar refractivity (Wildman–Crippen MR) is 126 cm³/mol. The molecule has 33 heavy (non-hydrogen) atoms. The Morgan fingerprint density at radius 1 is 0.788 bits per heavy atom. The number of aliphatic hydroxyl groups is 2. The highest BCUT2D eigenvalue weighted by Crippen LogP contribution is 2.11. The number of rotatable bonds is 16. The van der Waals surface area contributed by atoms with E-state index in [1.165, 1.54) is 57.8 Å². The van der Waals surface area contributed by atoms with Gasteiger partial charge in [-0.15, -0.1) is 0 Å². The molecule has 0 saturated heterocycles. The molecule has 0 bridgehead atoms. The van der Waals surface area contributed by atoms with E-state index < -0.39 is 30.2 Å². The van der Waals surface area contributed by atoms with Crippen molar-refractivity contribution in [2.45, 2.75) is 89.4 Å². The van der Waals surface area contributed by atoms with Crippen molar-refractivity contribution in [1.29, 1.82) is 0 Å². The molecule has 0 aliphatic heterocycles. The fourth-order valence-corrected chi connectivity index (χ4v) is 3.02. The normalized spacial score (nSPS) is 13.2. The number of benzene rings is 1. The van der Waals surface area contributed by atoms with Gasteiger partial charge in [0.1, 0.15) is 6.04 Å². The van der Waals surface area contributed by atoms with Gasteiger partial charge in [0.2, 0.25) is 5.91 Å². The fraction of sp³-hybridized carbons (Fsp3) is 0.625. The molecular weight excluding hydrogens is 428 g/mol. The summed E-state index contributed by atoms with van der Waals surface area (Å²) in [7, 11) is 0. The van der Waals surface area contributed by atoms with Crippen molar-refractivity contribution in [3.8, 4) is 0 Å². The maximum Gasteiger partial charge on any atom is 0.335 e. The molecule has 0 unspecified atom stereocenters. The second-order valence-electron chi connectivity index (χ2n) is 7.93. The van der Waals surface area contributed by atoms with Crippen LogP contribution in [0.5, 0.6) is 0 Å². The lowest BCUT2D eigenvalue weighted by atomic mass is 10.1. The largest absolute Gasteiger partial charge is 0.479 e. The van der Waals surface area contributed by atoms with E-state index in [2.05, 4.69) is 12.2 Å². The first-order valence-electron chi connectivity index (χ1n) is 11.6. The van der Waals surface area contributed by atoms with Crippen molar-refractivity contribution in [3.63, 3.8) is 0 Å². The number of carboxylic acids is 2. The zero-order valence-electron chi connectivity index (χ0n) is 19.5. The van der Waals surface area contributed by atoms with Gasteiger partial charge in [0.15, 0.2) is 12.2 Å². The highest BCUT2D eigenvalue weighted by atomic mass is 16.4. The molecule has 1 aromatic rings. The minimum atomic E-state index is -2.27. The summed E-state index contributed by atoms with van der Waals surface area (Å²) in [4.78, 5) is 31.5. The lowest BCUT2D eigenvalue weighted by Gasteiger charge is -2.12. The third-order valence-electron chi connectivity index (χ3n) is 5.08. The van der Waals surface area contributed by atoms with Crippen LogP contribution in [0.3, 0.4) is 0 Å². The van der Waals surface area contributed by atoms with Gasteiger partial charge in [-0.05, 0) is 12.0 Å². The van der Waals surface area contributed by atoms with Crippen LogP contribution in [0.15, 0.2) is 30.3 Å². The van der Waals surface area contributed by atoms with Crippen LogP contribution in [0.2, 0.25) is 0 Å². The van der Waals surface area contributed by atoms with Gasteiger partial charge in [0, 0.05) is 6.54 Å². The molecule has 0 heterocycles. The second-order valence-corrected chi connectivity index (χ2v) is 7.93. The van der Waals surface area contributed by atoms with Gasteiger partial charge in [0.05, 0.1) is 0 Å². The molecule has 188 valence electrons. The molecule has 1 aromatic carbocycles. The lowest BCUT2D eigenvalue weighted by molar-refractivity contribution is -0.165. The van der Waals surface area contributed by atoms with Crippen LogP contribution in [0, 0.1) is 0 Å². The van der Waals surface area contributed by atoms with Crippen LogP contribution < -0.4 is 11.1 Å². The Labute approximate surface area is 196 Å². The van der Waals surface area contributed by atoms with Gasteiger partial charge in [-0.2, -0.15) is 0 Å². The van der Waals surface area contributed by atoms with Crippen molar-refractivity contribution in [2.75, 3.05) is 6.54 Å². The maximum atomic E-state index is 12.0. The van der Waals surface area contributed by atoms with E-state index in [1.807, 2.05) is 30.3 Å². The lowest BCUT2D eigenvalue weighted by Crippen LogP contribution is -2.39. The number of carbonyl (C=O) groups is 3. The first-order chi connectivity index (χ1) is 15.7. The molecule has 0 aliphatic rings. The van der Waals surface area contributed by atoms with Crippen LogP contribution in [-0.2, 0) is 14.4 Å². The smallest absolute Gasteiger partial charge is 0.335 e. The van der Waals surface area contributed by atoms with Crippen LogP contribution in [0.25, 0.3) is 0 Å². The van der Waals surface area contributed by atoms with Gasteiger partial charge in [-0.3, -0.25) is 4.79 Å². The van der Waals surface area contributed by atoms with E-state index in [0.29, 0.717) is 0 Å². The molecule has 0 aromatic heterocycles. The molecule has 0 spiro atoms. The number of hydrogen-bond acceptors (Lipinski definition) is 6. The zero-order valence-corrected chi connectivity index (χ0v) is 19.5. The molecule has 0 radical (unpaired) electrons. The summed E-state index contributed by atoms with van der Waals surface area (Å²) in [6, 6.07) is 8.97. The number of aliphatic carboxylic acids is 2. The standard InChI is InChI=1S/C20H34N2O.C4H6O6/c1-2-3-4-5-6-7-8-9-10-14-17-22-20(23)19(21)18-15-12-11-13-16-18;5-1(3(7)8)2(6)4(9)10/h11-13,15-16,19H,2-10,14,17,21H2,1H3,(H,22,23);1-2,5-6H,(H,7,8)(H,9,10)/t19-;1-,2-/m11/s1. The molecule has 0 fully saturated rings. The highest BCUT2D eigenvalue weighted by molar-refractivity contribution is 5.83. The van der Waals surface area contributed by atoms with E-state index >= 15 is 0 Å². The van der Waals surface area contributed by atoms with E-state index in [0.717, 1.165) is 18.5 Å². The predicted octanol–water partition coefficient (Wildman–Crippen LogP) is 2.60. The summed E-state index contributed by atoms with van der Waals surface area (Å²) in [5, 5.41) is 35.5. The second kappa shape index (κ2) is 19.0. The molecule has 0 aliphatic carbocycles. The minimum absolute atomic E-state index is 0.0767. The first kappa shape index (κ1) is 30.5. The molecular formula is C24H40N2O7. The van der Waals surface area contributed by atoms with Crippen LogP contribution in [0.1, 0.15) is 82.7 Å². The average molecular weight is 469 g/mol. The molecule has 3 atom stereocenters. The molecule has 1 rings (SSSR count). The van der Waals surface area contributed by atoms with E-state index in [9.17, 15) is 14.4 Å². The van der Waals surface area contributed by atoms with Crippen LogP contribution in [0.4, 0.5) is 0 Å². The number of hydrogen-bond donors (Lipinski definition) is 6. The SMILES string of the molecule is CCCCCCCCCCCCNC(=O)[C@H](N)c1ccccc1.O=C(O)[C@H](O)[C@@H](O)C(=O)O. The van der Waals surface area contributed by atoms with Gasteiger partial charge in [-0.25, -0.2) is 9.59 Å². The van der Waals surface area contributed by atoms with Crippen molar-refractivity contribution in [1.82, 2.24) is 5.32 Å². The Kier molecular flexibility index (Phi) is 17.6. The quantitative estimate of drug-likeness (QED) is 0.201. The summed E-state index contributed by atoms with van der Waals surface area (Å²) < 4.78 is 0. The van der Waals surface area contributed by atoms with Gasteiger partial charge in [0.25, 0.3) is 0 Å². The highest BCUT2D eigenvalue weighted by Gasteiger charge is 2.29. The summed E-state index contributed by atoms with van der Waals surface area (Å²) in [5.74, 6) is -3.61. The Morgan fingerprint density at radius 2 is 1.21 bits per heavy atom. The Bertz CT molecular complexity index is 652. The van der Waals surface area contributed by atoms with Crippen LogP contribution in [-0.4, -0.2) is 57.0 Å². The number of aliphatic hydroxyl groups excluding tert-OH is 2. The molecule has 7 N–H and O–H groups in total. The topological polar surface area (TPSA) is 170 Å². The average Bonchev–Trinajstić information content (AvgIpc) is 2.81. The van der Waals surface area contributed by atoms with Crippen molar-refractivity contribution in [2.24, 2.45) is 5.73 Å². The molecule has 9 heteroatoms. The van der Waals surface area contributed by atoms with Gasteiger partial charge >= 0.3 is 11.9 Å².